The van der Waals surface area contributed by atoms with Crippen LogP contribution in [0, 0.1) is 0 Å². The van der Waals surface area contributed by atoms with Gasteiger partial charge in [0.25, 0.3) is 0 Å². The van der Waals surface area contributed by atoms with Crippen molar-refractivity contribution in [1.29, 1.82) is 0 Å². The number of nitrogens with zero attached hydrogens (tertiary/aromatic N) is 5. The summed E-state index contributed by atoms with van der Waals surface area (Å²) in [6.45, 7) is 6.45. The molecule has 5 rings (SSSR count). The van der Waals surface area contributed by atoms with Gasteiger partial charge in [-0.2, -0.15) is 9.61 Å². The average molecular weight is 443 g/mol. The van der Waals surface area contributed by atoms with Crippen LogP contribution in [0.1, 0.15) is 32.0 Å². The molecule has 3 aromatic heterocycles. The van der Waals surface area contributed by atoms with Crippen LogP contribution < -0.4 is 5.73 Å². The van der Waals surface area contributed by atoms with Crippen LogP contribution in [0.15, 0.2) is 54.9 Å². The highest BCUT2D eigenvalue weighted by atomic mass is 16.6. The maximum Gasteiger partial charge on any atom is 0.410 e. The van der Waals surface area contributed by atoms with Gasteiger partial charge >= 0.3 is 6.09 Å². The molecule has 0 bridgehead atoms. The third kappa shape index (κ3) is 4.00. The number of nitrogen functional groups attached to an aromatic ring is 1. The number of fused-ring (bicyclic) bond motifs is 2. The third-order valence-corrected chi connectivity index (χ3v) is 5.63. The normalized spacial score (nSPS) is 13.7. The summed E-state index contributed by atoms with van der Waals surface area (Å²) in [7, 11) is 0. The summed E-state index contributed by atoms with van der Waals surface area (Å²) < 4.78 is 7.16. The predicted octanol–water partition coefficient (Wildman–Crippen LogP) is 4.33. The summed E-state index contributed by atoms with van der Waals surface area (Å²) in [5.74, 6) is 0.489. The van der Waals surface area contributed by atoms with E-state index in [-0.39, 0.29) is 6.09 Å². The Kier molecular flexibility index (Phi) is 5.00. The van der Waals surface area contributed by atoms with Gasteiger partial charge in [0, 0.05) is 41.4 Å². The topological polar surface area (TPSA) is 98.6 Å². The number of anilines is 1. The lowest BCUT2D eigenvalue weighted by Crippen LogP contribution is -2.40. The number of hydrogen-bond acceptors (Lipinski definition) is 6. The Morgan fingerprint density at radius 1 is 1.06 bits per heavy atom. The van der Waals surface area contributed by atoms with E-state index in [9.17, 15) is 4.79 Å². The molecule has 168 valence electrons. The van der Waals surface area contributed by atoms with Gasteiger partial charge in [-0.25, -0.2) is 9.78 Å². The summed E-state index contributed by atoms with van der Waals surface area (Å²) in [5.41, 5.74) is 12.1. The largest absolute Gasteiger partial charge is 0.444 e. The van der Waals surface area contributed by atoms with Crippen molar-refractivity contribution in [3.05, 3.63) is 66.1 Å². The predicted molar refractivity (Wildman–Crippen MR) is 126 cm³/mol. The van der Waals surface area contributed by atoms with E-state index < -0.39 is 5.60 Å². The van der Waals surface area contributed by atoms with Gasteiger partial charge in [0.1, 0.15) is 11.4 Å². The zero-order chi connectivity index (χ0) is 23.2. The van der Waals surface area contributed by atoms with Gasteiger partial charge in [0.05, 0.1) is 24.1 Å². The number of amides is 1. The van der Waals surface area contributed by atoms with Crippen molar-refractivity contribution in [3.63, 3.8) is 0 Å². The van der Waals surface area contributed by atoms with Gasteiger partial charge in [-0.05, 0) is 26.8 Å². The van der Waals surface area contributed by atoms with Crippen LogP contribution in [0.5, 0.6) is 0 Å². The van der Waals surface area contributed by atoms with Gasteiger partial charge in [-0.15, -0.1) is 0 Å². The second-order valence-corrected chi connectivity index (χ2v) is 9.17. The van der Waals surface area contributed by atoms with E-state index in [0.717, 1.165) is 33.6 Å². The summed E-state index contributed by atoms with van der Waals surface area (Å²) in [4.78, 5) is 23.7. The number of benzene rings is 1. The third-order valence-electron chi connectivity index (χ3n) is 5.63. The number of pyridine rings is 1. The zero-order valence-electron chi connectivity index (χ0n) is 18.9. The molecule has 4 heterocycles. The van der Waals surface area contributed by atoms with Crippen LogP contribution in [0.4, 0.5) is 10.6 Å². The lowest BCUT2D eigenvalue weighted by atomic mass is 10.1. The molecular weight excluding hydrogens is 416 g/mol. The Balaban J connectivity index is 1.46. The van der Waals surface area contributed by atoms with Gasteiger partial charge < -0.3 is 15.4 Å². The fourth-order valence-corrected chi connectivity index (χ4v) is 4.01. The fourth-order valence-electron chi connectivity index (χ4n) is 4.01. The molecule has 0 radical (unpaired) electrons. The van der Waals surface area contributed by atoms with Crippen molar-refractivity contribution < 1.29 is 9.53 Å². The minimum absolute atomic E-state index is 0.349. The van der Waals surface area contributed by atoms with E-state index in [4.69, 9.17) is 15.5 Å². The minimum Gasteiger partial charge on any atom is -0.444 e. The van der Waals surface area contributed by atoms with Crippen molar-refractivity contribution in [2.75, 3.05) is 12.3 Å². The molecule has 1 aromatic carbocycles. The summed E-state index contributed by atoms with van der Waals surface area (Å²) in [6.07, 6.45) is 3.85. The number of carbonyl (C=O) groups is 1. The Hall–Kier alpha value is -3.94. The molecule has 4 aromatic rings. The Labute approximate surface area is 192 Å². The standard InChI is InChI=1S/C25H26N6O2/c1-25(2,3)33-24(32)30-12-11-21-19(15-30)22(26)31-23(29-21)18(14-28-31)17-9-10-20(27-13-17)16-7-5-4-6-8-16/h4-10,13-14H,11-12,15,26H2,1-3H3. The molecule has 33 heavy (non-hydrogen) atoms. The van der Waals surface area contributed by atoms with E-state index in [1.165, 1.54) is 0 Å². The van der Waals surface area contributed by atoms with Crippen LogP contribution in [0.3, 0.4) is 0 Å². The SMILES string of the molecule is CC(C)(C)OC(=O)N1CCc2nc3c(-c4ccc(-c5ccccc5)nc4)cnn3c(N)c2C1. The average Bonchev–Trinajstić information content (AvgIpc) is 3.23. The van der Waals surface area contributed by atoms with E-state index in [2.05, 4.69) is 10.1 Å². The van der Waals surface area contributed by atoms with Gasteiger partial charge in [0.2, 0.25) is 0 Å². The molecule has 8 heteroatoms. The highest BCUT2D eigenvalue weighted by Crippen LogP contribution is 2.30. The van der Waals surface area contributed by atoms with E-state index in [0.29, 0.717) is 31.0 Å². The van der Waals surface area contributed by atoms with Gasteiger partial charge in [-0.3, -0.25) is 4.98 Å². The first-order valence-corrected chi connectivity index (χ1v) is 10.9. The zero-order valence-corrected chi connectivity index (χ0v) is 18.9. The fraction of sp³-hybridized carbons (Fsp3) is 0.280. The van der Waals surface area contributed by atoms with Crippen molar-refractivity contribution in [1.82, 2.24) is 24.5 Å². The Morgan fingerprint density at radius 3 is 2.55 bits per heavy atom. The quantitative estimate of drug-likeness (QED) is 0.496. The molecule has 0 fully saturated rings. The van der Waals surface area contributed by atoms with Gasteiger partial charge in [0.15, 0.2) is 5.65 Å². The molecule has 1 aliphatic heterocycles. The molecule has 2 N–H and O–H groups in total. The number of ether oxygens (including phenoxy) is 1. The maximum atomic E-state index is 12.5. The van der Waals surface area contributed by atoms with E-state index in [1.807, 2.05) is 69.4 Å². The van der Waals surface area contributed by atoms with Crippen LogP contribution in [0.2, 0.25) is 0 Å². The molecule has 8 nitrogen and oxygen atoms in total. The molecule has 0 saturated carbocycles. The lowest BCUT2D eigenvalue weighted by Gasteiger charge is -2.31. The molecule has 1 amide bonds. The van der Waals surface area contributed by atoms with E-state index >= 15 is 0 Å². The summed E-state index contributed by atoms with van der Waals surface area (Å²) in [6, 6.07) is 14.1. The molecule has 1 aliphatic rings. The van der Waals surface area contributed by atoms with Crippen LogP contribution in [-0.2, 0) is 17.7 Å². The molecule has 0 atom stereocenters. The maximum absolute atomic E-state index is 12.5. The van der Waals surface area contributed by atoms with Crippen molar-refractivity contribution in [3.8, 4) is 22.4 Å². The molecule has 0 saturated heterocycles. The molecular formula is C25H26N6O2. The first-order valence-electron chi connectivity index (χ1n) is 10.9. The highest BCUT2D eigenvalue weighted by Gasteiger charge is 2.29. The van der Waals surface area contributed by atoms with E-state index in [1.54, 1.807) is 15.6 Å². The second kappa shape index (κ2) is 7.88. The summed E-state index contributed by atoms with van der Waals surface area (Å²) in [5, 5.41) is 4.48. The van der Waals surface area contributed by atoms with Crippen molar-refractivity contribution >= 4 is 17.6 Å². The molecule has 0 unspecified atom stereocenters. The van der Waals surface area contributed by atoms with Crippen molar-refractivity contribution in [2.45, 2.75) is 39.3 Å². The van der Waals surface area contributed by atoms with Crippen LogP contribution >= 0.6 is 0 Å². The monoisotopic (exact) mass is 442 g/mol. The smallest absolute Gasteiger partial charge is 0.410 e. The van der Waals surface area contributed by atoms with Crippen LogP contribution in [0.25, 0.3) is 28.0 Å². The number of hydrogen-bond donors (Lipinski definition) is 1. The lowest BCUT2D eigenvalue weighted by molar-refractivity contribution is 0.0223. The molecule has 0 spiro atoms. The van der Waals surface area contributed by atoms with Crippen molar-refractivity contribution in [2.24, 2.45) is 0 Å². The number of nitrogens with two attached hydrogens (primary N) is 1. The first-order chi connectivity index (χ1) is 15.8. The van der Waals surface area contributed by atoms with Crippen LogP contribution in [-0.4, -0.2) is 42.7 Å². The number of aromatic nitrogens is 4. The minimum atomic E-state index is -0.550. The Bertz CT molecular complexity index is 1320. The Morgan fingerprint density at radius 2 is 1.85 bits per heavy atom. The number of rotatable bonds is 2. The summed E-state index contributed by atoms with van der Waals surface area (Å²) >= 11 is 0. The first kappa shape index (κ1) is 20.9. The molecule has 0 aliphatic carbocycles. The highest BCUT2D eigenvalue weighted by molar-refractivity contribution is 5.79. The number of carbonyl (C=O) groups excluding carboxylic acids is 1. The van der Waals surface area contributed by atoms with Gasteiger partial charge in [-0.1, -0.05) is 36.4 Å². The second-order valence-electron chi connectivity index (χ2n) is 9.17.